The van der Waals surface area contributed by atoms with Crippen LogP contribution in [-0.4, -0.2) is 58.4 Å². The first-order valence-corrected chi connectivity index (χ1v) is 19.1. The van der Waals surface area contributed by atoms with Crippen molar-refractivity contribution >= 4 is 5.97 Å². The Labute approximate surface area is 274 Å². The minimum Gasteiger partial charge on any atom is -0.481 e. The van der Waals surface area contributed by atoms with Gasteiger partial charge in [-0.05, 0) is 154 Å². The Bertz CT molecular complexity index is 1210. The summed E-state index contributed by atoms with van der Waals surface area (Å²) < 4.78 is 0. The molecule has 1 saturated heterocycles. The lowest BCUT2D eigenvalue weighted by atomic mass is 9.37. The number of hydrogen-bond donors (Lipinski definition) is 3. The fourth-order valence-corrected chi connectivity index (χ4v) is 13.7. The second-order valence-corrected chi connectivity index (χ2v) is 18.5. The lowest BCUT2D eigenvalue weighted by Crippen LogP contribution is -2.64. The van der Waals surface area contributed by atoms with E-state index in [2.05, 4.69) is 50.1 Å². The summed E-state index contributed by atoms with van der Waals surface area (Å²) in [6, 6.07) is 0. The van der Waals surface area contributed by atoms with Gasteiger partial charge < -0.3 is 20.4 Å². The highest BCUT2D eigenvalue weighted by Gasteiger charge is 2.65. The summed E-state index contributed by atoms with van der Waals surface area (Å²) >= 11 is 0. The average molecular weight is 621 g/mol. The number of carbonyl (C=O) groups is 1. The Morgan fingerprint density at radius 1 is 0.867 bits per heavy atom. The molecule has 9 unspecified atom stereocenters. The van der Waals surface area contributed by atoms with Crippen LogP contribution in [0, 0.1) is 51.8 Å². The second kappa shape index (κ2) is 11.5. The van der Waals surface area contributed by atoms with Crippen LogP contribution in [0.25, 0.3) is 0 Å². The molecule has 1 aliphatic heterocycles. The quantitative estimate of drug-likeness (QED) is 0.281. The Balaban J connectivity index is 1.05. The Hall–Kier alpha value is -1.17. The SMILES string of the molecule is CC1(O)CCN(CCNC23CCCC2C2CCC4C(C)(CCC5C(C)(C)C(C6=CCC(C(=O)O)CC6)=CCC54C)C2CC3)CC1. The third kappa shape index (κ3) is 5.32. The number of aliphatic carboxylic acids is 1. The molecule has 0 spiro atoms. The van der Waals surface area contributed by atoms with Gasteiger partial charge in [-0.2, -0.15) is 0 Å². The van der Waals surface area contributed by atoms with Gasteiger partial charge in [0.25, 0.3) is 0 Å². The number of allylic oxidation sites excluding steroid dienone is 4. The molecule has 45 heavy (non-hydrogen) atoms. The molecule has 9 atom stereocenters. The van der Waals surface area contributed by atoms with Crippen molar-refractivity contribution in [3.05, 3.63) is 23.3 Å². The third-order valence-electron chi connectivity index (χ3n) is 16.0. The molecule has 0 aromatic heterocycles. The van der Waals surface area contributed by atoms with Gasteiger partial charge in [0, 0.05) is 31.7 Å². The molecule has 0 aromatic rings. The summed E-state index contributed by atoms with van der Waals surface area (Å²) in [4.78, 5) is 14.2. The van der Waals surface area contributed by atoms with E-state index in [4.69, 9.17) is 0 Å². The molecule has 0 amide bonds. The number of carboxylic acids is 1. The van der Waals surface area contributed by atoms with E-state index >= 15 is 0 Å². The van der Waals surface area contributed by atoms with Gasteiger partial charge in [-0.1, -0.05) is 46.3 Å². The first-order valence-electron chi connectivity index (χ1n) is 19.1. The van der Waals surface area contributed by atoms with E-state index in [1.165, 1.54) is 69.8 Å². The van der Waals surface area contributed by atoms with Crippen molar-refractivity contribution in [1.29, 1.82) is 0 Å². The Morgan fingerprint density at radius 3 is 2.36 bits per heavy atom. The number of likely N-dealkylation sites (tertiary alicyclic amines) is 1. The highest BCUT2D eigenvalue weighted by Crippen LogP contribution is 2.72. The summed E-state index contributed by atoms with van der Waals surface area (Å²) in [6.07, 6.45) is 22.9. The predicted molar refractivity (Wildman–Crippen MR) is 182 cm³/mol. The summed E-state index contributed by atoms with van der Waals surface area (Å²) in [5.74, 6) is 3.29. The highest BCUT2D eigenvalue weighted by atomic mass is 16.4. The zero-order valence-corrected chi connectivity index (χ0v) is 29.3. The van der Waals surface area contributed by atoms with Gasteiger partial charge >= 0.3 is 5.97 Å². The van der Waals surface area contributed by atoms with E-state index in [9.17, 15) is 15.0 Å². The van der Waals surface area contributed by atoms with Gasteiger partial charge in [-0.25, -0.2) is 0 Å². The van der Waals surface area contributed by atoms with Gasteiger partial charge in [0.2, 0.25) is 0 Å². The Kier molecular flexibility index (Phi) is 8.25. The van der Waals surface area contributed by atoms with E-state index < -0.39 is 11.6 Å². The molecular weight excluding hydrogens is 556 g/mol. The van der Waals surface area contributed by atoms with Crippen molar-refractivity contribution in [2.75, 3.05) is 26.2 Å². The minimum absolute atomic E-state index is 0.147. The molecular formula is C40H64N2O3. The first-order chi connectivity index (χ1) is 21.3. The first kappa shape index (κ1) is 32.4. The van der Waals surface area contributed by atoms with E-state index in [1.54, 1.807) is 5.57 Å². The lowest BCUT2D eigenvalue weighted by Gasteiger charge is -2.68. The number of hydrogen-bond acceptors (Lipinski definition) is 4. The average Bonchev–Trinajstić information content (AvgIpc) is 3.42. The molecule has 252 valence electrons. The maximum absolute atomic E-state index is 11.6. The number of rotatable bonds is 6. The number of carboxylic acid groups (broad SMARTS) is 1. The molecule has 6 aliphatic carbocycles. The van der Waals surface area contributed by atoms with E-state index in [-0.39, 0.29) is 11.3 Å². The van der Waals surface area contributed by atoms with Crippen LogP contribution in [0.1, 0.15) is 131 Å². The molecule has 0 radical (unpaired) electrons. The molecule has 3 N–H and O–H groups in total. The standard InChI is InChI=1S/C40H64N2O3/c1-36(2)30(27-8-10-28(11-9-27)35(43)44)14-18-39(5)33(36)16-19-38(4)31-15-20-40(17-6-7-32(40)29(31)12-13-34(38)39)41-23-26-42-24-21-37(3,45)22-25-42/h8,14,28-29,31-34,41,45H,6-7,9-13,15-26H2,1-5H3,(H,43,44). The predicted octanol–water partition coefficient (Wildman–Crippen LogP) is 7.99. The lowest BCUT2D eigenvalue weighted by molar-refractivity contribution is -0.175. The van der Waals surface area contributed by atoms with E-state index in [0.29, 0.717) is 28.7 Å². The zero-order chi connectivity index (χ0) is 31.8. The number of nitrogens with zero attached hydrogens (tertiary/aromatic N) is 1. The van der Waals surface area contributed by atoms with Crippen molar-refractivity contribution in [2.24, 2.45) is 51.8 Å². The molecule has 5 heteroatoms. The maximum atomic E-state index is 11.6. The van der Waals surface area contributed by atoms with E-state index in [0.717, 1.165) is 75.5 Å². The molecule has 1 heterocycles. The molecule has 0 bridgehead atoms. The van der Waals surface area contributed by atoms with Crippen molar-refractivity contribution < 1.29 is 15.0 Å². The molecule has 7 aliphatic rings. The van der Waals surface area contributed by atoms with Gasteiger partial charge in [0.1, 0.15) is 0 Å². The summed E-state index contributed by atoms with van der Waals surface area (Å²) in [6.45, 7) is 16.8. The fraction of sp³-hybridized carbons (Fsp3) is 0.875. The van der Waals surface area contributed by atoms with Gasteiger partial charge in [0.05, 0.1) is 11.5 Å². The number of aliphatic hydroxyl groups is 1. The normalized spacial score (nSPS) is 45.7. The minimum atomic E-state index is -0.626. The van der Waals surface area contributed by atoms with Crippen LogP contribution in [0.4, 0.5) is 0 Å². The van der Waals surface area contributed by atoms with Gasteiger partial charge in [-0.15, -0.1) is 0 Å². The smallest absolute Gasteiger partial charge is 0.306 e. The van der Waals surface area contributed by atoms with Crippen LogP contribution in [0.15, 0.2) is 23.3 Å². The van der Waals surface area contributed by atoms with Crippen molar-refractivity contribution in [2.45, 2.75) is 142 Å². The van der Waals surface area contributed by atoms with Crippen LogP contribution in [0.2, 0.25) is 0 Å². The van der Waals surface area contributed by atoms with Crippen molar-refractivity contribution in [1.82, 2.24) is 10.2 Å². The topological polar surface area (TPSA) is 72.8 Å². The molecule has 5 fully saturated rings. The summed E-state index contributed by atoms with van der Waals surface area (Å²) in [5, 5.41) is 24.2. The van der Waals surface area contributed by atoms with Crippen LogP contribution < -0.4 is 5.32 Å². The molecule has 7 rings (SSSR count). The monoisotopic (exact) mass is 620 g/mol. The fourth-order valence-electron chi connectivity index (χ4n) is 13.7. The van der Waals surface area contributed by atoms with Crippen LogP contribution >= 0.6 is 0 Å². The second-order valence-electron chi connectivity index (χ2n) is 18.5. The third-order valence-corrected chi connectivity index (χ3v) is 16.0. The summed E-state index contributed by atoms with van der Waals surface area (Å²) in [5.41, 5.74) is 3.87. The number of piperidine rings is 1. The van der Waals surface area contributed by atoms with Crippen LogP contribution in [-0.2, 0) is 4.79 Å². The van der Waals surface area contributed by atoms with Crippen LogP contribution in [0.3, 0.4) is 0 Å². The van der Waals surface area contributed by atoms with Gasteiger partial charge in [-0.3, -0.25) is 4.79 Å². The zero-order valence-electron chi connectivity index (χ0n) is 29.3. The van der Waals surface area contributed by atoms with Crippen LogP contribution in [0.5, 0.6) is 0 Å². The largest absolute Gasteiger partial charge is 0.481 e. The van der Waals surface area contributed by atoms with Gasteiger partial charge in [0.15, 0.2) is 0 Å². The molecule has 4 saturated carbocycles. The maximum Gasteiger partial charge on any atom is 0.306 e. The molecule has 0 aromatic carbocycles. The van der Waals surface area contributed by atoms with Crippen molar-refractivity contribution in [3.8, 4) is 0 Å². The number of nitrogens with one attached hydrogen (secondary N) is 1. The summed E-state index contributed by atoms with van der Waals surface area (Å²) in [7, 11) is 0. The highest BCUT2D eigenvalue weighted by molar-refractivity contribution is 5.70. The van der Waals surface area contributed by atoms with E-state index in [1.807, 2.05) is 6.92 Å². The Morgan fingerprint density at radius 2 is 1.64 bits per heavy atom. The van der Waals surface area contributed by atoms with Crippen molar-refractivity contribution in [3.63, 3.8) is 0 Å². The molecule has 5 nitrogen and oxygen atoms in total. The number of fused-ring (bicyclic) bond motifs is 7.